The molecule has 2 aromatic rings. The Morgan fingerprint density at radius 2 is 2.21 bits per heavy atom. The Balaban J connectivity index is 2.55. The number of benzene rings is 1. The molecule has 19 heavy (non-hydrogen) atoms. The zero-order chi connectivity index (χ0) is 14.0. The molecule has 0 saturated carbocycles. The zero-order valence-corrected chi connectivity index (χ0v) is 11.0. The summed E-state index contributed by atoms with van der Waals surface area (Å²) >= 11 is 5.93. The summed E-state index contributed by atoms with van der Waals surface area (Å²) < 4.78 is 13.0. The Morgan fingerprint density at radius 1 is 1.47 bits per heavy atom. The first kappa shape index (κ1) is 13.7. The third kappa shape index (κ3) is 2.83. The van der Waals surface area contributed by atoms with E-state index in [2.05, 4.69) is 9.97 Å². The fourth-order valence-corrected chi connectivity index (χ4v) is 2.08. The van der Waals surface area contributed by atoms with E-state index in [0.29, 0.717) is 16.8 Å². The topological polar surface area (TPSA) is 66.0 Å². The third-order valence-electron chi connectivity index (χ3n) is 2.77. The lowest BCUT2D eigenvalue weighted by Gasteiger charge is -2.07. The molecule has 0 saturated heterocycles. The molecule has 1 aromatic heterocycles. The van der Waals surface area contributed by atoms with Gasteiger partial charge in [-0.2, -0.15) is 0 Å². The number of hydrogen-bond acceptors (Lipinski definition) is 3. The molecule has 0 aliphatic carbocycles. The average Bonchev–Trinajstić information content (AvgIpc) is 2.33. The summed E-state index contributed by atoms with van der Waals surface area (Å²) in [5.74, 6) is -0.168. The van der Waals surface area contributed by atoms with E-state index in [4.69, 9.17) is 16.7 Å². The molecular formula is C13H12ClFN2O2. The van der Waals surface area contributed by atoms with Crippen LogP contribution in [0.5, 0.6) is 0 Å². The first-order chi connectivity index (χ1) is 9.02. The standard InChI is InChI=1S/C13H12ClFN2O2/c1-7-9(4-5-18)13(19)17-12(16-7)10-3-2-8(15)6-11(10)14/h2-3,6,18H,4-5H2,1H3,(H,16,17,19). The molecule has 1 aromatic carbocycles. The molecule has 0 radical (unpaired) electrons. The minimum atomic E-state index is -0.454. The van der Waals surface area contributed by atoms with E-state index < -0.39 is 5.82 Å². The summed E-state index contributed by atoms with van der Waals surface area (Å²) in [5, 5.41) is 9.06. The van der Waals surface area contributed by atoms with Crippen molar-refractivity contribution < 1.29 is 9.50 Å². The number of halogens is 2. The number of aromatic amines is 1. The predicted molar refractivity (Wildman–Crippen MR) is 70.8 cm³/mol. The van der Waals surface area contributed by atoms with Crippen molar-refractivity contribution in [3.05, 3.63) is 50.7 Å². The van der Waals surface area contributed by atoms with Crippen molar-refractivity contribution in [3.63, 3.8) is 0 Å². The number of H-pyrrole nitrogens is 1. The molecule has 0 atom stereocenters. The van der Waals surface area contributed by atoms with Crippen LogP contribution >= 0.6 is 11.6 Å². The third-order valence-corrected chi connectivity index (χ3v) is 3.08. The van der Waals surface area contributed by atoms with E-state index in [0.717, 1.165) is 6.07 Å². The average molecular weight is 283 g/mol. The molecule has 0 aliphatic heterocycles. The van der Waals surface area contributed by atoms with Crippen molar-refractivity contribution in [2.75, 3.05) is 6.61 Å². The second-order valence-corrected chi connectivity index (χ2v) is 4.48. The number of aliphatic hydroxyl groups is 1. The van der Waals surface area contributed by atoms with Gasteiger partial charge >= 0.3 is 0 Å². The van der Waals surface area contributed by atoms with Crippen molar-refractivity contribution >= 4 is 11.6 Å². The highest BCUT2D eigenvalue weighted by molar-refractivity contribution is 6.33. The smallest absolute Gasteiger partial charge is 0.254 e. The predicted octanol–water partition coefficient (Wildman–Crippen LogP) is 2.07. The molecule has 100 valence electrons. The van der Waals surface area contributed by atoms with Gasteiger partial charge in [0.1, 0.15) is 11.6 Å². The van der Waals surface area contributed by atoms with Gasteiger partial charge in [0, 0.05) is 29.8 Å². The Hall–Kier alpha value is -1.72. The minimum absolute atomic E-state index is 0.123. The second-order valence-electron chi connectivity index (χ2n) is 4.08. The minimum Gasteiger partial charge on any atom is -0.396 e. The van der Waals surface area contributed by atoms with E-state index in [1.54, 1.807) is 6.92 Å². The van der Waals surface area contributed by atoms with Crippen LogP contribution in [0.1, 0.15) is 11.3 Å². The molecule has 0 fully saturated rings. The van der Waals surface area contributed by atoms with Crippen molar-refractivity contribution in [2.45, 2.75) is 13.3 Å². The van der Waals surface area contributed by atoms with E-state index in [9.17, 15) is 9.18 Å². The van der Waals surface area contributed by atoms with Gasteiger partial charge in [0.15, 0.2) is 0 Å². The van der Waals surface area contributed by atoms with Gasteiger partial charge < -0.3 is 10.1 Å². The first-order valence-corrected chi connectivity index (χ1v) is 6.07. The highest BCUT2D eigenvalue weighted by atomic mass is 35.5. The van der Waals surface area contributed by atoms with Crippen molar-refractivity contribution in [3.8, 4) is 11.4 Å². The van der Waals surface area contributed by atoms with E-state index in [1.165, 1.54) is 12.1 Å². The molecule has 0 unspecified atom stereocenters. The van der Waals surface area contributed by atoms with Gasteiger partial charge in [-0.1, -0.05) is 11.6 Å². The number of rotatable bonds is 3. The van der Waals surface area contributed by atoms with Gasteiger partial charge in [-0.05, 0) is 25.1 Å². The van der Waals surface area contributed by atoms with Crippen LogP contribution in [0, 0.1) is 12.7 Å². The van der Waals surface area contributed by atoms with Gasteiger partial charge in [0.2, 0.25) is 0 Å². The van der Waals surface area contributed by atoms with E-state index in [1.807, 2.05) is 0 Å². The summed E-state index contributed by atoms with van der Waals surface area (Å²) in [6, 6.07) is 3.87. The van der Waals surface area contributed by atoms with Gasteiger partial charge in [-0.3, -0.25) is 4.79 Å². The quantitative estimate of drug-likeness (QED) is 0.906. The zero-order valence-electron chi connectivity index (χ0n) is 10.2. The molecule has 2 N–H and O–H groups in total. The number of aromatic nitrogens is 2. The van der Waals surface area contributed by atoms with Crippen LogP contribution < -0.4 is 5.56 Å². The molecule has 6 heteroatoms. The number of aryl methyl sites for hydroxylation is 1. The maximum Gasteiger partial charge on any atom is 0.254 e. The maximum absolute atomic E-state index is 13.0. The highest BCUT2D eigenvalue weighted by Crippen LogP contribution is 2.25. The van der Waals surface area contributed by atoms with E-state index >= 15 is 0 Å². The van der Waals surface area contributed by atoms with Crippen LogP contribution in [0.3, 0.4) is 0 Å². The summed E-state index contributed by atoms with van der Waals surface area (Å²) in [7, 11) is 0. The van der Waals surface area contributed by atoms with Crippen LogP contribution in [-0.4, -0.2) is 21.7 Å². The van der Waals surface area contributed by atoms with Gasteiger partial charge in [-0.15, -0.1) is 0 Å². The summed E-state index contributed by atoms with van der Waals surface area (Å²) in [5.41, 5.74) is 1.09. The lowest BCUT2D eigenvalue weighted by atomic mass is 10.1. The molecular weight excluding hydrogens is 271 g/mol. The number of nitrogens with one attached hydrogen (secondary N) is 1. The van der Waals surface area contributed by atoms with Gasteiger partial charge in [0.05, 0.1) is 5.02 Å². The largest absolute Gasteiger partial charge is 0.396 e. The molecule has 1 heterocycles. The van der Waals surface area contributed by atoms with Crippen molar-refractivity contribution in [1.29, 1.82) is 0 Å². The Bertz CT molecular complexity index is 670. The Kier molecular flexibility index (Phi) is 3.97. The number of hydrogen-bond donors (Lipinski definition) is 2. The van der Waals surface area contributed by atoms with Crippen LogP contribution in [0.2, 0.25) is 5.02 Å². The second kappa shape index (κ2) is 5.50. The summed E-state index contributed by atoms with van der Waals surface area (Å²) in [6.07, 6.45) is 0.242. The summed E-state index contributed by atoms with van der Waals surface area (Å²) in [4.78, 5) is 18.7. The number of aliphatic hydroxyl groups excluding tert-OH is 1. The Morgan fingerprint density at radius 3 is 2.79 bits per heavy atom. The lowest BCUT2D eigenvalue weighted by Crippen LogP contribution is -2.18. The lowest BCUT2D eigenvalue weighted by molar-refractivity contribution is 0.298. The van der Waals surface area contributed by atoms with Gasteiger partial charge in [0.25, 0.3) is 5.56 Å². The van der Waals surface area contributed by atoms with Crippen molar-refractivity contribution in [1.82, 2.24) is 9.97 Å². The van der Waals surface area contributed by atoms with Gasteiger partial charge in [-0.25, -0.2) is 9.37 Å². The van der Waals surface area contributed by atoms with E-state index in [-0.39, 0.29) is 29.4 Å². The van der Waals surface area contributed by atoms with Crippen molar-refractivity contribution in [2.24, 2.45) is 0 Å². The fourth-order valence-electron chi connectivity index (χ4n) is 1.83. The highest BCUT2D eigenvalue weighted by Gasteiger charge is 2.11. The van der Waals surface area contributed by atoms with Crippen LogP contribution in [0.15, 0.2) is 23.0 Å². The molecule has 0 bridgehead atoms. The molecule has 0 amide bonds. The molecule has 0 aliphatic rings. The SMILES string of the molecule is Cc1nc(-c2ccc(F)cc2Cl)[nH]c(=O)c1CCO. The normalized spacial score (nSPS) is 10.7. The van der Waals surface area contributed by atoms with Crippen LogP contribution in [0.4, 0.5) is 4.39 Å². The molecule has 2 rings (SSSR count). The van der Waals surface area contributed by atoms with Crippen LogP contribution in [0.25, 0.3) is 11.4 Å². The first-order valence-electron chi connectivity index (χ1n) is 5.69. The molecule has 0 spiro atoms. The summed E-state index contributed by atoms with van der Waals surface area (Å²) in [6.45, 7) is 1.56. The maximum atomic E-state index is 13.0. The Labute approximate surface area is 113 Å². The monoisotopic (exact) mass is 282 g/mol. The molecule has 4 nitrogen and oxygen atoms in total. The number of nitrogens with zero attached hydrogens (tertiary/aromatic N) is 1. The van der Waals surface area contributed by atoms with Crippen LogP contribution in [-0.2, 0) is 6.42 Å². The fraction of sp³-hybridized carbons (Fsp3) is 0.231.